The molecule has 4 nitrogen and oxygen atoms in total. The first-order valence-electron chi connectivity index (χ1n) is 7.96. The first kappa shape index (κ1) is 17.7. The van der Waals surface area contributed by atoms with E-state index in [0.29, 0.717) is 17.6 Å². The zero-order chi connectivity index (χ0) is 18.7. The van der Waals surface area contributed by atoms with E-state index in [1.807, 2.05) is 24.3 Å². The van der Waals surface area contributed by atoms with E-state index in [2.05, 4.69) is 5.32 Å². The fourth-order valence-corrected chi connectivity index (χ4v) is 2.49. The molecule has 3 rings (SSSR count). The molecule has 0 spiro atoms. The van der Waals surface area contributed by atoms with Crippen molar-refractivity contribution in [3.8, 4) is 11.5 Å². The summed E-state index contributed by atoms with van der Waals surface area (Å²) in [5.74, 6) is -0.888. The first-order valence-corrected chi connectivity index (χ1v) is 7.96. The predicted molar refractivity (Wildman–Crippen MR) is 95.6 cm³/mol. The number of nitrogens with one attached hydrogen (secondary N) is 1. The number of anilines is 1. The number of hydrogen-bond acceptors (Lipinski definition) is 3. The first-order chi connectivity index (χ1) is 12.5. The van der Waals surface area contributed by atoms with Crippen LogP contribution in [0.1, 0.15) is 6.92 Å². The Morgan fingerprint density at radius 2 is 1.65 bits per heavy atom. The molecule has 1 N–H and O–H groups in total. The molecule has 0 saturated heterocycles. The Bertz CT molecular complexity index is 959. The van der Waals surface area contributed by atoms with Crippen molar-refractivity contribution in [2.24, 2.45) is 0 Å². The summed E-state index contributed by atoms with van der Waals surface area (Å²) >= 11 is 0. The summed E-state index contributed by atoms with van der Waals surface area (Å²) in [6.45, 7) is 1.55. The van der Waals surface area contributed by atoms with Gasteiger partial charge in [-0.05, 0) is 54.1 Å². The van der Waals surface area contributed by atoms with Crippen molar-refractivity contribution in [3.05, 3.63) is 66.2 Å². The largest absolute Gasteiger partial charge is 0.497 e. The maximum Gasteiger partial charge on any atom is 0.265 e. The summed E-state index contributed by atoms with van der Waals surface area (Å²) in [6.07, 6.45) is -0.873. The van der Waals surface area contributed by atoms with Crippen LogP contribution < -0.4 is 14.8 Å². The Morgan fingerprint density at radius 1 is 0.962 bits per heavy atom. The molecule has 1 atom stereocenters. The van der Waals surface area contributed by atoms with Crippen LogP contribution in [0.25, 0.3) is 10.8 Å². The zero-order valence-corrected chi connectivity index (χ0v) is 14.3. The number of hydrogen-bond donors (Lipinski definition) is 1. The monoisotopic (exact) mass is 357 g/mol. The number of ether oxygens (including phenoxy) is 2. The molecular formula is C20H17F2NO3. The third-order valence-corrected chi connectivity index (χ3v) is 3.89. The average molecular weight is 357 g/mol. The van der Waals surface area contributed by atoms with Crippen molar-refractivity contribution >= 4 is 22.4 Å². The normalized spacial score (nSPS) is 11.8. The van der Waals surface area contributed by atoms with Crippen LogP contribution in [-0.2, 0) is 4.79 Å². The molecule has 26 heavy (non-hydrogen) atoms. The van der Waals surface area contributed by atoms with Crippen LogP contribution in [0.5, 0.6) is 11.5 Å². The highest BCUT2D eigenvalue weighted by atomic mass is 19.1. The molecule has 0 radical (unpaired) electrons. The molecule has 0 aromatic heterocycles. The molecule has 0 heterocycles. The third kappa shape index (κ3) is 3.91. The number of amides is 1. The highest BCUT2D eigenvalue weighted by molar-refractivity contribution is 5.94. The number of fused-ring (bicyclic) bond motifs is 1. The van der Waals surface area contributed by atoms with Crippen LogP contribution in [0.15, 0.2) is 54.6 Å². The van der Waals surface area contributed by atoms with Gasteiger partial charge in [0.1, 0.15) is 23.1 Å². The Hall–Kier alpha value is -3.15. The van der Waals surface area contributed by atoms with Crippen LogP contribution >= 0.6 is 0 Å². The molecule has 0 aliphatic heterocycles. The van der Waals surface area contributed by atoms with E-state index in [4.69, 9.17) is 9.47 Å². The highest BCUT2D eigenvalue weighted by Gasteiger charge is 2.17. The molecule has 1 unspecified atom stereocenters. The van der Waals surface area contributed by atoms with Gasteiger partial charge in [0.05, 0.1) is 12.8 Å². The van der Waals surface area contributed by atoms with Gasteiger partial charge in [0.25, 0.3) is 5.91 Å². The maximum absolute atomic E-state index is 13.6. The lowest BCUT2D eigenvalue weighted by molar-refractivity contribution is -0.122. The lowest BCUT2D eigenvalue weighted by Crippen LogP contribution is -2.30. The van der Waals surface area contributed by atoms with Gasteiger partial charge in [0.15, 0.2) is 6.10 Å². The molecule has 6 heteroatoms. The second-order valence-electron chi connectivity index (χ2n) is 5.75. The molecule has 3 aromatic rings. The zero-order valence-electron chi connectivity index (χ0n) is 14.3. The minimum absolute atomic E-state index is 0.102. The summed E-state index contributed by atoms with van der Waals surface area (Å²) < 4.78 is 37.4. The van der Waals surface area contributed by atoms with Crippen LogP contribution in [0.4, 0.5) is 14.5 Å². The van der Waals surface area contributed by atoms with Crippen molar-refractivity contribution in [2.75, 3.05) is 12.4 Å². The van der Waals surface area contributed by atoms with Gasteiger partial charge >= 0.3 is 0 Å². The van der Waals surface area contributed by atoms with Crippen LogP contribution in [0, 0.1) is 11.6 Å². The van der Waals surface area contributed by atoms with Crippen LogP contribution in [0.2, 0.25) is 0 Å². The Kier molecular flexibility index (Phi) is 5.02. The van der Waals surface area contributed by atoms with E-state index in [1.54, 1.807) is 26.2 Å². The number of carbonyl (C=O) groups excluding carboxylic acids is 1. The lowest BCUT2D eigenvalue weighted by Gasteiger charge is -2.15. The summed E-state index contributed by atoms with van der Waals surface area (Å²) in [6, 6.07) is 14.0. The van der Waals surface area contributed by atoms with Gasteiger partial charge in [0, 0.05) is 6.07 Å². The summed E-state index contributed by atoms with van der Waals surface area (Å²) in [5, 5.41) is 4.29. The maximum atomic E-state index is 13.6. The molecule has 0 aliphatic rings. The number of benzene rings is 3. The predicted octanol–water partition coefficient (Wildman–Crippen LogP) is 4.53. The fourth-order valence-electron chi connectivity index (χ4n) is 2.49. The van der Waals surface area contributed by atoms with Gasteiger partial charge in [-0.2, -0.15) is 0 Å². The van der Waals surface area contributed by atoms with Crippen molar-refractivity contribution in [1.29, 1.82) is 0 Å². The third-order valence-electron chi connectivity index (χ3n) is 3.89. The SMILES string of the molecule is COc1ccc2ccc(OC(C)C(=O)Nc3ccc(F)cc3F)cc2c1. The van der Waals surface area contributed by atoms with Gasteiger partial charge in [0.2, 0.25) is 0 Å². The second-order valence-corrected chi connectivity index (χ2v) is 5.75. The molecule has 3 aromatic carbocycles. The molecule has 1 amide bonds. The topological polar surface area (TPSA) is 47.6 Å². The number of rotatable bonds is 5. The Balaban J connectivity index is 1.73. The van der Waals surface area contributed by atoms with Gasteiger partial charge in [-0.15, -0.1) is 0 Å². The van der Waals surface area contributed by atoms with E-state index in [1.165, 1.54) is 0 Å². The number of methoxy groups -OCH3 is 1. The van der Waals surface area contributed by atoms with Gasteiger partial charge in [-0.3, -0.25) is 4.79 Å². The van der Waals surface area contributed by atoms with E-state index < -0.39 is 23.6 Å². The highest BCUT2D eigenvalue weighted by Crippen LogP contribution is 2.25. The van der Waals surface area contributed by atoms with Gasteiger partial charge in [-0.25, -0.2) is 8.78 Å². The Morgan fingerprint density at radius 3 is 2.35 bits per heavy atom. The standard InChI is InChI=1S/C20H17F2NO3/c1-12(20(24)23-19-8-5-15(21)11-18(19)22)26-17-7-4-13-3-6-16(25-2)9-14(13)10-17/h3-12H,1-2H3,(H,23,24). The minimum Gasteiger partial charge on any atom is -0.497 e. The van der Waals surface area contributed by atoms with Crippen molar-refractivity contribution < 1.29 is 23.0 Å². The second kappa shape index (κ2) is 7.39. The average Bonchev–Trinajstić information content (AvgIpc) is 2.63. The molecular weight excluding hydrogens is 340 g/mol. The smallest absolute Gasteiger partial charge is 0.265 e. The molecule has 0 saturated carbocycles. The van der Waals surface area contributed by atoms with Crippen molar-refractivity contribution in [1.82, 2.24) is 0 Å². The number of halogens is 2. The van der Waals surface area contributed by atoms with E-state index >= 15 is 0 Å². The van der Waals surface area contributed by atoms with Crippen molar-refractivity contribution in [2.45, 2.75) is 13.0 Å². The minimum atomic E-state index is -0.873. The molecule has 134 valence electrons. The van der Waals surface area contributed by atoms with E-state index in [9.17, 15) is 13.6 Å². The van der Waals surface area contributed by atoms with E-state index in [-0.39, 0.29) is 5.69 Å². The number of carbonyl (C=O) groups is 1. The molecule has 0 bridgehead atoms. The van der Waals surface area contributed by atoms with Gasteiger partial charge in [-0.1, -0.05) is 12.1 Å². The molecule has 0 fully saturated rings. The molecule has 0 aliphatic carbocycles. The summed E-state index contributed by atoms with van der Waals surface area (Å²) in [7, 11) is 1.59. The summed E-state index contributed by atoms with van der Waals surface area (Å²) in [4.78, 5) is 12.2. The Labute approximate surface area is 149 Å². The quantitative estimate of drug-likeness (QED) is 0.730. The van der Waals surface area contributed by atoms with Gasteiger partial charge < -0.3 is 14.8 Å². The van der Waals surface area contributed by atoms with Crippen molar-refractivity contribution in [3.63, 3.8) is 0 Å². The summed E-state index contributed by atoms with van der Waals surface area (Å²) in [5.41, 5.74) is -0.102. The van der Waals surface area contributed by atoms with Crippen LogP contribution in [0.3, 0.4) is 0 Å². The van der Waals surface area contributed by atoms with E-state index in [0.717, 1.165) is 22.9 Å². The fraction of sp³-hybridized carbons (Fsp3) is 0.150. The lowest BCUT2D eigenvalue weighted by atomic mass is 10.1. The van der Waals surface area contributed by atoms with Crippen LogP contribution in [-0.4, -0.2) is 19.1 Å².